The predicted molar refractivity (Wildman–Crippen MR) is 91.1 cm³/mol. The SMILES string of the molecule is CN(CC(=O)Nc1cccc(F)c1)Cc1nnc(-c2ccccc2)o1. The van der Waals surface area contributed by atoms with E-state index in [9.17, 15) is 9.18 Å². The number of hydrogen-bond acceptors (Lipinski definition) is 5. The predicted octanol–water partition coefficient (Wildman–Crippen LogP) is 2.95. The molecule has 128 valence electrons. The molecule has 0 aliphatic carbocycles. The number of likely N-dealkylation sites (N-methyl/N-ethyl adjacent to an activating group) is 1. The van der Waals surface area contributed by atoms with Crippen LogP contribution in [-0.2, 0) is 11.3 Å². The fourth-order valence-corrected chi connectivity index (χ4v) is 2.31. The lowest BCUT2D eigenvalue weighted by Crippen LogP contribution is -2.29. The van der Waals surface area contributed by atoms with Crippen LogP contribution in [0.15, 0.2) is 59.0 Å². The summed E-state index contributed by atoms with van der Waals surface area (Å²) in [7, 11) is 1.76. The molecule has 0 aliphatic heterocycles. The van der Waals surface area contributed by atoms with Crippen molar-refractivity contribution in [2.75, 3.05) is 18.9 Å². The molecule has 3 aromatic rings. The molecular weight excluding hydrogens is 323 g/mol. The Hall–Kier alpha value is -3.06. The van der Waals surface area contributed by atoms with E-state index in [2.05, 4.69) is 15.5 Å². The van der Waals surface area contributed by atoms with Crippen LogP contribution in [-0.4, -0.2) is 34.6 Å². The van der Waals surface area contributed by atoms with Crippen LogP contribution in [0.5, 0.6) is 0 Å². The molecule has 2 aromatic carbocycles. The van der Waals surface area contributed by atoms with Gasteiger partial charge in [-0.05, 0) is 37.4 Å². The number of nitrogens with one attached hydrogen (secondary N) is 1. The van der Waals surface area contributed by atoms with Gasteiger partial charge in [-0.1, -0.05) is 24.3 Å². The Morgan fingerprint density at radius 2 is 1.96 bits per heavy atom. The van der Waals surface area contributed by atoms with E-state index in [1.165, 1.54) is 18.2 Å². The van der Waals surface area contributed by atoms with Crippen LogP contribution in [0.2, 0.25) is 0 Å². The van der Waals surface area contributed by atoms with E-state index in [4.69, 9.17) is 4.42 Å². The van der Waals surface area contributed by atoms with Gasteiger partial charge in [-0.15, -0.1) is 10.2 Å². The summed E-state index contributed by atoms with van der Waals surface area (Å²) in [6.45, 7) is 0.440. The number of carbonyl (C=O) groups excluding carboxylic acids is 1. The van der Waals surface area contributed by atoms with Crippen LogP contribution < -0.4 is 5.32 Å². The third kappa shape index (κ3) is 4.71. The summed E-state index contributed by atoms with van der Waals surface area (Å²) in [5.74, 6) is 0.203. The number of benzene rings is 2. The first kappa shape index (κ1) is 16.8. The van der Waals surface area contributed by atoms with Crippen LogP contribution in [0, 0.1) is 5.82 Å². The van der Waals surface area contributed by atoms with E-state index >= 15 is 0 Å². The van der Waals surface area contributed by atoms with Gasteiger partial charge in [0.05, 0.1) is 13.1 Å². The highest BCUT2D eigenvalue weighted by molar-refractivity contribution is 5.92. The summed E-state index contributed by atoms with van der Waals surface area (Å²) in [4.78, 5) is 13.7. The number of carbonyl (C=O) groups is 1. The summed E-state index contributed by atoms with van der Waals surface area (Å²) >= 11 is 0. The number of rotatable bonds is 6. The Labute approximate surface area is 144 Å². The molecule has 1 aromatic heterocycles. The first-order valence-electron chi connectivity index (χ1n) is 7.72. The van der Waals surface area contributed by atoms with Gasteiger partial charge in [-0.25, -0.2) is 4.39 Å². The zero-order valence-corrected chi connectivity index (χ0v) is 13.6. The second-order valence-electron chi connectivity index (χ2n) is 5.60. The second kappa shape index (κ2) is 7.67. The summed E-state index contributed by atoms with van der Waals surface area (Å²) in [5.41, 5.74) is 1.26. The van der Waals surface area contributed by atoms with E-state index in [1.54, 1.807) is 18.0 Å². The lowest BCUT2D eigenvalue weighted by molar-refractivity contribution is -0.117. The maximum absolute atomic E-state index is 13.1. The number of anilines is 1. The van der Waals surface area contributed by atoms with Gasteiger partial charge in [0.25, 0.3) is 0 Å². The second-order valence-corrected chi connectivity index (χ2v) is 5.60. The van der Waals surface area contributed by atoms with Crippen molar-refractivity contribution in [3.8, 4) is 11.5 Å². The molecule has 1 heterocycles. The molecule has 0 saturated heterocycles. The Bertz CT molecular complexity index is 851. The number of hydrogen-bond donors (Lipinski definition) is 1. The highest BCUT2D eigenvalue weighted by Gasteiger charge is 2.13. The van der Waals surface area contributed by atoms with Gasteiger partial charge in [0, 0.05) is 11.3 Å². The molecule has 0 fully saturated rings. The zero-order chi connectivity index (χ0) is 17.6. The smallest absolute Gasteiger partial charge is 0.247 e. The molecule has 3 rings (SSSR count). The van der Waals surface area contributed by atoms with Gasteiger partial charge in [-0.3, -0.25) is 9.69 Å². The minimum atomic E-state index is -0.398. The Morgan fingerprint density at radius 3 is 2.72 bits per heavy atom. The van der Waals surface area contributed by atoms with Gasteiger partial charge in [0.1, 0.15) is 5.82 Å². The van der Waals surface area contributed by atoms with Crippen LogP contribution in [0.4, 0.5) is 10.1 Å². The third-order valence-corrected chi connectivity index (χ3v) is 3.41. The summed E-state index contributed by atoms with van der Waals surface area (Å²) in [6.07, 6.45) is 0. The largest absolute Gasteiger partial charge is 0.419 e. The van der Waals surface area contributed by atoms with Crippen molar-refractivity contribution in [3.05, 3.63) is 66.3 Å². The van der Waals surface area contributed by atoms with E-state index in [0.717, 1.165) is 5.56 Å². The fraction of sp³-hybridized carbons (Fsp3) is 0.167. The Kier molecular flexibility index (Phi) is 5.15. The summed E-state index contributed by atoms with van der Waals surface area (Å²) in [6, 6.07) is 15.2. The highest BCUT2D eigenvalue weighted by Crippen LogP contribution is 2.17. The minimum Gasteiger partial charge on any atom is -0.419 e. The van der Waals surface area contributed by atoms with Crippen LogP contribution >= 0.6 is 0 Å². The molecule has 1 N–H and O–H groups in total. The Morgan fingerprint density at radius 1 is 1.16 bits per heavy atom. The fourth-order valence-electron chi connectivity index (χ4n) is 2.31. The van der Waals surface area contributed by atoms with Crippen LogP contribution in [0.1, 0.15) is 5.89 Å². The van der Waals surface area contributed by atoms with Gasteiger partial charge in [0.15, 0.2) is 0 Å². The minimum absolute atomic E-state index is 0.111. The van der Waals surface area contributed by atoms with Gasteiger partial charge in [0.2, 0.25) is 17.7 Å². The van der Waals surface area contributed by atoms with Crippen molar-refractivity contribution in [1.29, 1.82) is 0 Å². The van der Waals surface area contributed by atoms with Crippen molar-refractivity contribution in [3.63, 3.8) is 0 Å². The molecule has 0 spiro atoms. The van der Waals surface area contributed by atoms with E-state index in [1.807, 2.05) is 30.3 Å². The van der Waals surface area contributed by atoms with E-state index < -0.39 is 5.82 Å². The standard InChI is InChI=1S/C18H17FN4O2/c1-23(11-16(24)20-15-9-5-8-14(19)10-15)12-17-21-22-18(25-17)13-6-3-2-4-7-13/h2-10H,11-12H2,1H3,(H,20,24). The summed E-state index contributed by atoms with van der Waals surface area (Å²) in [5, 5.41) is 10.6. The molecule has 0 bridgehead atoms. The van der Waals surface area contributed by atoms with Crippen molar-refractivity contribution in [2.24, 2.45) is 0 Å². The monoisotopic (exact) mass is 340 g/mol. The highest BCUT2D eigenvalue weighted by atomic mass is 19.1. The molecule has 0 unspecified atom stereocenters. The first-order valence-corrected chi connectivity index (χ1v) is 7.72. The third-order valence-electron chi connectivity index (χ3n) is 3.41. The molecule has 25 heavy (non-hydrogen) atoms. The summed E-state index contributed by atoms with van der Waals surface area (Å²) < 4.78 is 18.7. The van der Waals surface area contributed by atoms with Crippen LogP contribution in [0.3, 0.4) is 0 Å². The zero-order valence-electron chi connectivity index (χ0n) is 13.6. The maximum atomic E-state index is 13.1. The van der Waals surface area contributed by atoms with Gasteiger partial charge < -0.3 is 9.73 Å². The van der Waals surface area contributed by atoms with Crippen molar-refractivity contribution in [1.82, 2.24) is 15.1 Å². The van der Waals surface area contributed by atoms with Crippen molar-refractivity contribution < 1.29 is 13.6 Å². The first-order chi connectivity index (χ1) is 12.1. The van der Waals surface area contributed by atoms with E-state index in [0.29, 0.717) is 24.0 Å². The molecular formula is C18H17FN4O2. The van der Waals surface area contributed by atoms with E-state index in [-0.39, 0.29) is 12.5 Å². The number of nitrogens with zero attached hydrogens (tertiary/aromatic N) is 3. The lowest BCUT2D eigenvalue weighted by Gasteiger charge is -2.14. The number of halogens is 1. The van der Waals surface area contributed by atoms with Crippen molar-refractivity contribution in [2.45, 2.75) is 6.54 Å². The van der Waals surface area contributed by atoms with Gasteiger partial charge >= 0.3 is 0 Å². The molecule has 0 radical (unpaired) electrons. The van der Waals surface area contributed by atoms with Gasteiger partial charge in [-0.2, -0.15) is 0 Å². The number of aromatic nitrogens is 2. The topological polar surface area (TPSA) is 71.3 Å². The van der Waals surface area contributed by atoms with Crippen LogP contribution in [0.25, 0.3) is 11.5 Å². The molecule has 7 heteroatoms. The lowest BCUT2D eigenvalue weighted by atomic mass is 10.2. The average molecular weight is 340 g/mol. The number of amides is 1. The molecule has 6 nitrogen and oxygen atoms in total. The Balaban J connectivity index is 1.55. The maximum Gasteiger partial charge on any atom is 0.247 e. The normalized spacial score (nSPS) is 10.8. The molecule has 0 saturated carbocycles. The average Bonchev–Trinajstić information content (AvgIpc) is 3.03. The molecule has 0 aliphatic rings. The molecule has 0 atom stereocenters. The molecule has 1 amide bonds. The quantitative estimate of drug-likeness (QED) is 0.747. The van der Waals surface area contributed by atoms with Crippen molar-refractivity contribution >= 4 is 11.6 Å².